The molecule has 9 heteroatoms. The van der Waals surface area contributed by atoms with Crippen molar-refractivity contribution >= 4 is 5.91 Å². The second-order valence-corrected chi connectivity index (χ2v) is 8.18. The molecular weight excluding hydrogens is 473 g/mol. The first-order valence-corrected chi connectivity index (χ1v) is 11.5. The molecular formula is C28H24FN5O3. The standard InChI is InChI=1S/C28H24FN5O3/c1-36-21-9-10-22(26(15-21)37-2)27-23(17-34(32-27)20-6-4-3-5-7-20)28(35)31-16-19-8-11-25(24(29)14-19)33-13-12-30-18-33/h3-15,17-18H,16H2,1-2H3,(H,31,35). The van der Waals surface area contributed by atoms with Crippen LogP contribution in [0, 0.1) is 5.82 Å². The van der Waals surface area contributed by atoms with Crippen molar-refractivity contribution in [3.63, 3.8) is 0 Å². The Hall–Kier alpha value is -4.92. The molecule has 8 nitrogen and oxygen atoms in total. The first-order valence-electron chi connectivity index (χ1n) is 11.5. The summed E-state index contributed by atoms with van der Waals surface area (Å²) in [6.45, 7) is 0.135. The summed E-state index contributed by atoms with van der Waals surface area (Å²) in [6.07, 6.45) is 6.45. The lowest BCUT2D eigenvalue weighted by Crippen LogP contribution is -2.23. The van der Waals surface area contributed by atoms with E-state index in [1.807, 2.05) is 30.3 Å². The smallest absolute Gasteiger partial charge is 0.255 e. The molecule has 0 saturated heterocycles. The number of nitrogens with one attached hydrogen (secondary N) is 1. The van der Waals surface area contributed by atoms with Crippen molar-refractivity contribution in [2.75, 3.05) is 14.2 Å². The first-order chi connectivity index (χ1) is 18.1. The average Bonchev–Trinajstić information content (AvgIpc) is 3.63. The number of aromatic nitrogens is 4. The molecule has 5 aromatic rings. The fraction of sp³-hybridized carbons (Fsp3) is 0.107. The Bertz CT molecular complexity index is 1530. The van der Waals surface area contributed by atoms with Crippen LogP contribution in [0.5, 0.6) is 11.5 Å². The number of hydrogen-bond donors (Lipinski definition) is 1. The second-order valence-electron chi connectivity index (χ2n) is 8.18. The van der Waals surface area contributed by atoms with E-state index in [0.29, 0.717) is 39.6 Å². The third-order valence-corrected chi connectivity index (χ3v) is 5.89. The molecule has 0 aliphatic carbocycles. The minimum absolute atomic E-state index is 0.135. The molecule has 2 heterocycles. The topological polar surface area (TPSA) is 83.2 Å². The lowest BCUT2D eigenvalue weighted by Gasteiger charge is -2.11. The molecule has 0 atom stereocenters. The van der Waals surface area contributed by atoms with Crippen LogP contribution in [-0.2, 0) is 6.54 Å². The average molecular weight is 498 g/mol. The number of carbonyl (C=O) groups is 1. The molecule has 0 aliphatic rings. The summed E-state index contributed by atoms with van der Waals surface area (Å²) < 4.78 is 28.8. The van der Waals surface area contributed by atoms with Gasteiger partial charge in [0.1, 0.15) is 23.0 Å². The van der Waals surface area contributed by atoms with Crippen LogP contribution in [0.1, 0.15) is 15.9 Å². The van der Waals surface area contributed by atoms with Gasteiger partial charge >= 0.3 is 0 Å². The molecule has 186 valence electrons. The van der Waals surface area contributed by atoms with Crippen molar-refractivity contribution in [3.8, 4) is 34.1 Å². The molecule has 0 aliphatic heterocycles. The van der Waals surface area contributed by atoms with Crippen molar-refractivity contribution in [1.29, 1.82) is 0 Å². The van der Waals surface area contributed by atoms with Gasteiger partial charge in [-0.05, 0) is 42.0 Å². The predicted molar refractivity (Wildman–Crippen MR) is 137 cm³/mol. The van der Waals surface area contributed by atoms with Crippen molar-refractivity contribution in [1.82, 2.24) is 24.6 Å². The van der Waals surface area contributed by atoms with Crippen molar-refractivity contribution < 1.29 is 18.7 Å². The zero-order valence-corrected chi connectivity index (χ0v) is 20.3. The van der Waals surface area contributed by atoms with Gasteiger partial charge in [-0.2, -0.15) is 5.10 Å². The lowest BCUT2D eigenvalue weighted by atomic mass is 10.1. The monoisotopic (exact) mass is 497 g/mol. The molecule has 0 saturated carbocycles. The number of para-hydroxylation sites is 1. The normalized spacial score (nSPS) is 10.8. The molecule has 2 aromatic heterocycles. The highest BCUT2D eigenvalue weighted by atomic mass is 19.1. The van der Waals surface area contributed by atoms with Gasteiger partial charge in [-0.3, -0.25) is 4.79 Å². The van der Waals surface area contributed by atoms with Gasteiger partial charge in [-0.25, -0.2) is 14.1 Å². The number of amides is 1. The van der Waals surface area contributed by atoms with Crippen molar-refractivity contribution in [2.24, 2.45) is 0 Å². The number of halogens is 1. The van der Waals surface area contributed by atoms with E-state index in [9.17, 15) is 9.18 Å². The summed E-state index contributed by atoms with van der Waals surface area (Å²) in [5.41, 5.74) is 3.23. The molecule has 0 unspecified atom stereocenters. The molecule has 1 amide bonds. The maximum Gasteiger partial charge on any atom is 0.255 e. The molecule has 1 N–H and O–H groups in total. The number of imidazole rings is 1. The van der Waals surface area contributed by atoms with Crippen LogP contribution < -0.4 is 14.8 Å². The Morgan fingerprint density at radius 3 is 2.57 bits per heavy atom. The summed E-state index contributed by atoms with van der Waals surface area (Å²) in [6, 6.07) is 19.6. The van der Waals surface area contributed by atoms with Crippen LogP contribution in [0.3, 0.4) is 0 Å². The van der Waals surface area contributed by atoms with E-state index >= 15 is 0 Å². The maximum absolute atomic E-state index is 14.7. The quantitative estimate of drug-likeness (QED) is 0.333. The highest BCUT2D eigenvalue weighted by Crippen LogP contribution is 2.35. The lowest BCUT2D eigenvalue weighted by molar-refractivity contribution is 0.0951. The van der Waals surface area contributed by atoms with E-state index in [1.54, 1.807) is 72.4 Å². The van der Waals surface area contributed by atoms with Gasteiger partial charge < -0.3 is 19.4 Å². The zero-order chi connectivity index (χ0) is 25.8. The SMILES string of the molecule is COc1ccc(-c2nn(-c3ccccc3)cc2C(=O)NCc2ccc(-n3ccnc3)c(F)c2)c(OC)c1. The Balaban J connectivity index is 1.46. The van der Waals surface area contributed by atoms with Crippen LogP contribution in [0.15, 0.2) is 91.6 Å². The zero-order valence-electron chi connectivity index (χ0n) is 20.3. The van der Waals surface area contributed by atoms with Crippen LogP contribution in [0.4, 0.5) is 4.39 Å². The fourth-order valence-corrected chi connectivity index (χ4v) is 4.00. The Labute approximate surface area is 212 Å². The number of methoxy groups -OCH3 is 2. The van der Waals surface area contributed by atoms with Gasteiger partial charge in [0.2, 0.25) is 0 Å². The highest BCUT2D eigenvalue weighted by Gasteiger charge is 2.22. The van der Waals surface area contributed by atoms with E-state index in [2.05, 4.69) is 10.3 Å². The predicted octanol–water partition coefficient (Wildman–Crippen LogP) is 4.81. The van der Waals surface area contributed by atoms with E-state index < -0.39 is 5.82 Å². The summed E-state index contributed by atoms with van der Waals surface area (Å²) in [7, 11) is 3.12. The maximum atomic E-state index is 14.7. The minimum Gasteiger partial charge on any atom is -0.497 e. The number of nitrogens with zero attached hydrogens (tertiary/aromatic N) is 4. The van der Waals surface area contributed by atoms with Crippen molar-refractivity contribution in [2.45, 2.75) is 6.54 Å². The number of rotatable bonds is 8. The third-order valence-electron chi connectivity index (χ3n) is 5.89. The summed E-state index contributed by atoms with van der Waals surface area (Å²) >= 11 is 0. The van der Waals surface area contributed by atoms with E-state index in [-0.39, 0.29) is 12.5 Å². The molecule has 0 spiro atoms. The number of ether oxygens (including phenoxy) is 2. The van der Waals surface area contributed by atoms with Gasteiger partial charge in [0.05, 0.1) is 37.5 Å². The highest BCUT2D eigenvalue weighted by molar-refractivity contribution is 6.00. The van der Waals surface area contributed by atoms with Gasteiger partial charge in [0.15, 0.2) is 0 Å². The van der Waals surface area contributed by atoms with E-state index in [1.165, 1.54) is 12.4 Å². The molecule has 37 heavy (non-hydrogen) atoms. The van der Waals surface area contributed by atoms with Gasteiger partial charge in [0, 0.05) is 36.8 Å². The van der Waals surface area contributed by atoms with Crippen molar-refractivity contribution in [3.05, 3.63) is 109 Å². The molecule has 5 rings (SSSR count). The van der Waals surface area contributed by atoms with Crippen LogP contribution >= 0.6 is 0 Å². The first kappa shape index (κ1) is 23.8. The Morgan fingerprint density at radius 1 is 1.03 bits per heavy atom. The minimum atomic E-state index is -0.412. The molecule has 0 radical (unpaired) electrons. The summed E-state index contributed by atoms with van der Waals surface area (Å²) in [5.74, 6) is 0.374. The van der Waals surface area contributed by atoms with E-state index in [0.717, 1.165) is 5.69 Å². The van der Waals surface area contributed by atoms with Crippen LogP contribution in [0.25, 0.3) is 22.6 Å². The Morgan fingerprint density at radius 2 is 1.86 bits per heavy atom. The molecule has 0 fully saturated rings. The van der Waals surface area contributed by atoms with Crippen LogP contribution in [0.2, 0.25) is 0 Å². The van der Waals surface area contributed by atoms with Gasteiger partial charge in [-0.1, -0.05) is 24.3 Å². The van der Waals surface area contributed by atoms with Gasteiger partial charge in [0.25, 0.3) is 5.91 Å². The number of benzene rings is 3. The number of hydrogen-bond acceptors (Lipinski definition) is 5. The summed E-state index contributed by atoms with van der Waals surface area (Å²) in [4.78, 5) is 17.3. The fourth-order valence-electron chi connectivity index (χ4n) is 4.00. The van der Waals surface area contributed by atoms with Crippen LogP contribution in [-0.4, -0.2) is 39.5 Å². The molecule has 3 aromatic carbocycles. The van der Waals surface area contributed by atoms with Gasteiger partial charge in [-0.15, -0.1) is 0 Å². The number of carbonyl (C=O) groups excluding carboxylic acids is 1. The molecule has 0 bridgehead atoms. The summed E-state index contributed by atoms with van der Waals surface area (Å²) in [5, 5.41) is 7.60. The largest absolute Gasteiger partial charge is 0.497 e. The Kier molecular flexibility index (Phi) is 6.67. The second kappa shape index (κ2) is 10.4. The van der Waals surface area contributed by atoms with E-state index in [4.69, 9.17) is 14.6 Å². The third kappa shape index (κ3) is 4.92.